The zero-order chi connectivity index (χ0) is 20.8. The first kappa shape index (κ1) is 17.8. The number of anilines is 1. The first-order chi connectivity index (χ1) is 15.3. The van der Waals surface area contributed by atoms with Crippen molar-refractivity contribution in [2.75, 3.05) is 11.4 Å². The van der Waals surface area contributed by atoms with Crippen LogP contribution in [-0.4, -0.2) is 21.5 Å². The van der Waals surface area contributed by atoms with E-state index in [9.17, 15) is 4.79 Å². The van der Waals surface area contributed by atoms with Crippen LogP contribution in [0.2, 0.25) is 0 Å². The van der Waals surface area contributed by atoms with Gasteiger partial charge in [0.1, 0.15) is 0 Å². The molecule has 0 bridgehead atoms. The first-order valence-electron chi connectivity index (χ1n) is 10.5. The quantitative estimate of drug-likeness (QED) is 0.463. The van der Waals surface area contributed by atoms with Crippen LogP contribution < -0.4 is 10.5 Å². The average molecular weight is 404 g/mol. The van der Waals surface area contributed by atoms with Gasteiger partial charge in [0.25, 0.3) is 5.56 Å². The second-order valence-corrected chi connectivity index (χ2v) is 7.95. The van der Waals surface area contributed by atoms with Crippen molar-refractivity contribution in [1.82, 2.24) is 15.0 Å². The molecule has 0 spiro atoms. The van der Waals surface area contributed by atoms with Crippen molar-refractivity contribution in [3.63, 3.8) is 0 Å². The molecule has 0 atom stereocenters. The Morgan fingerprint density at radius 2 is 1.68 bits per heavy atom. The molecule has 0 saturated carbocycles. The number of hydrogen-bond acceptors (Lipinski definition) is 4. The summed E-state index contributed by atoms with van der Waals surface area (Å²) in [6, 6.07) is 24.8. The van der Waals surface area contributed by atoms with Gasteiger partial charge in [0.15, 0.2) is 5.65 Å². The number of fused-ring (bicyclic) bond motifs is 3. The highest BCUT2D eigenvalue weighted by atomic mass is 16.1. The number of nitrogens with one attached hydrogen (secondary N) is 1. The monoisotopic (exact) mass is 404 g/mol. The molecule has 0 saturated heterocycles. The Bertz CT molecular complexity index is 1500. The molecule has 0 fully saturated rings. The molecule has 0 amide bonds. The van der Waals surface area contributed by atoms with Gasteiger partial charge in [-0.2, -0.15) is 4.98 Å². The fraction of sp³-hybridized carbons (Fsp3) is 0.115. The molecule has 0 aliphatic carbocycles. The highest BCUT2D eigenvalue weighted by Gasteiger charge is 2.20. The number of hydrogen-bond donors (Lipinski definition) is 1. The summed E-state index contributed by atoms with van der Waals surface area (Å²) in [5, 5.41) is 2.83. The van der Waals surface area contributed by atoms with Gasteiger partial charge in [0.2, 0.25) is 5.95 Å². The largest absolute Gasteiger partial charge is 0.338 e. The Labute approximate surface area is 179 Å². The number of aromatic nitrogens is 3. The third-order valence-electron chi connectivity index (χ3n) is 6.09. The van der Waals surface area contributed by atoms with E-state index >= 15 is 0 Å². The summed E-state index contributed by atoms with van der Waals surface area (Å²) in [5.41, 5.74) is 4.78. The van der Waals surface area contributed by atoms with Crippen molar-refractivity contribution in [3.8, 4) is 11.1 Å². The summed E-state index contributed by atoms with van der Waals surface area (Å²) in [6.07, 6.45) is 2.66. The molecular formula is C26H20N4O. The lowest BCUT2D eigenvalue weighted by Gasteiger charge is -2.29. The van der Waals surface area contributed by atoms with Gasteiger partial charge in [-0.1, -0.05) is 60.7 Å². The van der Waals surface area contributed by atoms with E-state index in [4.69, 9.17) is 4.98 Å². The van der Waals surface area contributed by atoms with E-state index < -0.39 is 0 Å². The highest BCUT2D eigenvalue weighted by molar-refractivity contribution is 5.95. The maximum atomic E-state index is 13.2. The Morgan fingerprint density at radius 1 is 0.871 bits per heavy atom. The van der Waals surface area contributed by atoms with Gasteiger partial charge in [0, 0.05) is 19.3 Å². The summed E-state index contributed by atoms with van der Waals surface area (Å²) in [5.74, 6) is 0.579. The van der Waals surface area contributed by atoms with Crippen LogP contribution in [0.5, 0.6) is 0 Å². The standard InChI is InChI=1S/C26H20N4O/c31-25-23-22(20-10-9-17-5-1-3-7-19(17)15-20)11-13-27-24(23)28-26(29-25)30-14-12-18-6-2-4-8-21(18)16-30/h1-11,13,15H,12,14,16H2,(H,27,28,29,31). The molecule has 3 aromatic carbocycles. The van der Waals surface area contributed by atoms with E-state index in [-0.39, 0.29) is 5.56 Å². The molecular weight excluding hydrogens is 384 g/mol. The van der Waals surface area contributed by atoms with Crippen molar-refractivity contribution in [2.24, 2.45) is 0 Å². The number of nitrogens with zero attached hydrogens (tertiary/aromatic N) is 3. The lowest BCUT2D eigenvalue weighted by molar-refractivity contribution is 0.708. The van der Waals surface area contributed by atoms with Crippen LogP contribution in [0.1, 0.15) is 11.1 Å². The van der Waals surface area contributed by atoms with E-state index in [0.717, 1.165) is 36.0 Å². The van der Waals surface area contributed by atoms with Crippen LogP contribution in [0.3, 0.4) is 0 Å². The Kier molecular flexibility index (Phi) is 4.06. The summed E-state index contributed by atoms with van der Waals surface area (Å²) in [7, 11) is 0. The second kappa shape index (κ2) is 7.06. The molecule has 5 nitrogen and oxygen atoms in total. The number of rotatable bonds is 2. The predicted octanol–water partition coefficient (Wildman–Crippen LogP) is 4.70. The fourth-order valence-corrected chi connectivity index (χ4v) is 4.48. The number of benzene rings is 3. The fourth-order valence-electron chi connectivity index (χ4n) is 4.48. The van der Waals surface area contributed by atoms with Crippen LogP contribution in [0.15, 0.2) is 83.8 Å². The van der Waals surface area contributed by atoms with Gasteiger partial charge in [0.05, 0.1) is 5.39 Å². The van der Waals surface area contributed by atoms with Crippen molar-refractivity contribution in [2.45, 2.75) is 13.0 Å². The molecule has 150 valence electrons. The first-order valence-corrected chi connectivity index (χ1v) is 10.5. The van der Waals surface area contributed by atoms with E-state index in [2.05, 4.69) is 63.4 Å². The van der Waals surface area contributed by atoms with Crippen LogP contribution >= 0.6 is 0 Å². The molecule has 0 unspecified atom stereocenters. The maximum absolute atomic E-state index is 13.2. The Morgan fingerprint density at radius 3 is 2.58 bits per heavy atom. The zero-order valence-electron chi connectivity index (χ0n) is 16.9. The average Bonchev–Trinajstić information content (AvgIpc) is 2.83. The van der Waals surface area contributed by atoms with Crippen molar-refractivity contribution in [1.29, 1.82) is 0 Å². The summed E-state index contributed by atoms with van der Waals surface area (Å²) in [6.45, 7) is 1.55. The molecule has 6 rings (SSSR count). The van der Waals surface area contributed by atoms with Gasteiger partial charge in [-0.15, -0.1) is 0 Å². The minimum Gasteiger partial charge on any atom is -0.338 e. The van der Waals surface area contributed by atoms with Crippen LogP contribution in [-0.2, 0) is 13.0 Å². The number of pyridine rings is 1. The third kappa shape index (κ3) is 3.06. The number of aromatic amines is 1. The normalized spacial score (nSPS) is 13.5. The van der Waals surface area contributed by atoms with Crippen LogP contribution in [0.25, 0.3) is 32.9 Å². The highest BCUT2D eigenvalue weighted by Crippen LogP contribution is 2.29. The SMILES string of the molecule is O=c1[nH]c(N2CCc3ccccc3C2)nc2nccc(-c3ccc4ccccc4c3)c12. The third-order valence-corrected chi connectivity index (χ3v) is 6.09. The summed E-state index contributed by atoms with van der Waals surface area (Å²) in [4.78, 5) is 27.5. The van der Waals surface area contributed by atoms with Gasteiger partial charge >= 0.3 is 0 Å². The van der Waals surface area contributed by atoms with Gasteiger partial charge < -0.3 is 4.90 Å². The minimum absolute atomic E-state index is 0.157. The Balaban J connectivity index is 1.45. The van der Waals surface area contributed by atoms with Crippen LogP contribution in [0, 0.1) is 0 Å². The molecule has 2 aromatic heterocycles. The van der Waals surface area contributed by atoms with E-state index in [0.29, 0.717) is 17.0 Å². The zero-order valence-corrected chi connectivity index (χ0v) is 16.9. The van der Waals surface area contributed by atoms with Crippen molar-refractivity contribution < 1.29 is 0 Å². The summed E-state index contributed by atoms with van der Waals surface area (Å²) < 4.78 is 0. The molecule has 5 aromatic rings. The van der Waals surface area contributed by atoms with Crippen molar-refractivity contribution >= 4 is 27.8 Å². The molecule has 5 heteroatoms. The van der Waals surface area contributed by atoms with E-state index in [1.165, 1.54) is 16.5 Å². The van der Waals surface area contributed by atoms with Crippen LogP contribution in [0.4, 0.5) is 5.95 Å². The van der Waals surface area contributed by atoms with Gasteiger partial charge in [-0.25, -0.2) is 4.98 Å². The maximum Gasteiger partial charge on any atom is 0.262 e. The minimum atomic E-state index is -0.157. The predicted molar refractivity (Wildman–Crippen MR) is 124 cm³/mol. The lowest BCUT2D eigenvalue weighted by Crippen LogP contribution is -2.33. The smallest absolute Gasteiger partial charge is 0.262 e. The Hall–Kier alpha value is -3.99. The van der Waals surface area contributed by atoms with Crippen molar-refractivity contribution in [3.05, 3.63) is 100 Å². The van der Waals surface area contributed by atoms with Gasteiger partial charge in [-0.05, 0) is 51.6 Å². The molecule has 1 aliphatic heterocycles. The summed E-state index contributed by atoms with van der Waals surface area (Å²) >= 11 is 0. The van der Waals surface area contributed by atoms with E-state index in [1.54, 1.807) is 6.20 Å². The molecule has 1 aliphatic rings. The molecule has 0 radical (unpaired) electrons. The number of H-pyrrole nitrogens is 1. The lowest BCUT2D eigenvalue weighted by atomic mass is 9.99. The van der Waals surface area contributed by atoms with E-state index in [1.807, 2.05) is 24.3 Å². The molecule has 1 N–H and O–H groups in total. The van der Waals surface area contributed by atoms with Gasteiger partial charge in [-0.3, -0.25) is 9.78 Å². The molecule has 3 heterocycles. The topological polar surface area (TPSA) is 61.9 Å². The second-order valence-electron chi connectivity index (χ2n) is 7.95. The molecule has 31 heavy (non-hydrogen) atoms.